The van der Waals surface area contributed by atoms with Gasteiger partial charge in [0.2, 0.25) is 11.6 Å². The Morgan fingerprint density at radius 2 is 1.48 bits per heavy atom. The number of amides is 1. The Labute approximate surface area is 365 Å². The van der Waals surface area contributed by atoms with Gasteiger partial charge in [0, 0.05) is 54.9 Å². The Bertz CT molecular complexity index is 2030. The van der Waals surface area contributed by atoms with Crippen LogP contribution in [0.15, 0.2) is 17.3 Å². The molecule has 10 atom stereocenters. The molecule has 0 bridgehead atoms. The number of esters is 1. The van der Waals surface area contributed by atoms with Gasteiger partial charge in [-0.25, -0.2) is 17.6 Å². The van der Waals surface area contributed by atoms with E-state index in [9.17, 15) is 37.1 Å². The summed E-state index contributed by atoms with van der Waals surface area (Å²) in [6.07, 6.45) is 10.1. The molecule has 5 aliphatic carbocycles. The van der Waals surface area contributed by atoms with E-state index in [-0.39, 0.29) is 52.1 Å². The van der Waals surface area contributed by atoms with Gasteiger partial charge in [0.15, 0.2) is 23.3 Å². The van der Waals surface area contributed by atoms with Crippen LogP contribution in [0, 0.1) is 85.3 Å². The van der Waals surface area contributed by atoms with Crippen molar-refractivity contribution in [1.29, 1.82) is 0 Å². The van der Waals surface area contributed by atoms with Crippen LogP contribution >= 0.6 is 0 Å². The highest BCUT2D eigenvalue weighted by molar-refractivity contribution is 5.81. The zero-order chi connectivity index (χ0) is 45.5. The third kappa shape index (κ3) is 7.27. The fourth-order valence-corrected chi connectivity index (χ4v) is 15.2. The molecule has 62 heavy (non-hydrogen) atoms. The standard InChI is InChI=1S/C49H68F4N4O5/c1-28(2)29-13-18-49(25-35(58)57-23-21-56(22-24-57)27-30-38(50)40(52)42(55-54-10)41(53)39(30)51)20-19-47(8)31(37(29)49)11-12-33-46(7)16-15-34(62-36(59)26-44(3,4)43(60)61)45(5,6)32(46)14-17-48(33,47)9/h29,31-34,37H,1,10-27H2,2-9H3/p+1/t29-,31+,32-,33+,34-,37+,46-,47+,48+,49+/m0/s1. The summed E-state index contributed by atoms with van der Waals surface area (Å²) < 4.78 is 65.2. The van der Waals surface area contributed by atoms with Crippen molar-refractivity contribution >= 4 is 30.3 Å². The number of carbonyl (C=O) groups excluding carboxylic acids is 2. The number of nitrogens with zero attached hydrogens (tertiary/aromatic N) is 4. The van der Waals surface area contributed by atoms with Crippen LogP contribution in [0.5, 0.6) is 0 Å². The Morgan fingerprint density at radius 3 is 2.08 bits per heavy atom. The minimum atomic E-state index is -1.61. The molecule has 7 rings (SSSR count). The predicted octanol–water partition coefficient (Wildman–Crippen LogP) is 10.3. The minimum Gasteiger partial charge on any atom is -0.481 e. The van der Waals surface area contributed by atoms with Crippen LogP contribution in [-0.2, 0) is 25.7 Å². The number of ether oxygens (including phenoxy) is 1. The van der Waals surface area contributed by atoms with Crippen molar-refractivity contribution in [3.05, 3.63) is 41.0 Å². The number of benzene rings is 1. The van der Waals surface area contributed by atoms with E-state index in [0.717, 1.165) is 64.2 Å². The average molecular weight is 870 g/mol. The molecule has 0 unspecified atom stereocenters. The summed E-state index contributed by atoms with van der Waals surface area (Å²) in [7, 11) is 0. The second-order valence-corrected chi connectivity index (χ2v) is 22.4. The molecule has 1 aliphatic heterocycles. The van der Waals surface area contributed by atoms with Gasteiger partial charge in [-0.3, -0.25) is 19.3 Å². The Hall–Kier alpha value is -3.57. The molecule has 1 aromatic carbocycles. The van der Waals surface area contributed by atoms with Crippen LogP contribution in [0.2, 0.25) is 0 Å². The van der Waals surface area contributed by atoms with E-state index in [0.29, 0.717) is 62.2 Å². The van der Waals surface area contributed by atoms with Crippen molar-refractivity contribution < 1.29 is 46.6 Å². The molecule has 6 aliphatic rings. The van der Waals surface area contributed by atoms with Crippen LogP contribution in [0.1, 0.15) is 138 Å². The summed E-state index contributed by atoms with van der Waals surface area (Å²) in [5, 5.41) is 12.8. The van der Waals surface area contributed by atoms with Gasteiger partial charge in [0.05, 0.1) is 11.8 Å². The first-order chi connectivity index (χ1) is 28.9. The van der Waals surface area contributed by atoms with Crippen molar-refractivity contribution in [2.45, 2.75) is 145 Å². The van der Waals surface area contributed by atoms with Gasteiger partial charge < -0.3 is 14.7 Å². The maximum Gasteiger partial charge on any atom is 0.309 e. The molecule has 0 spiro atoms. The number of carbonyl (C=O) groups is 3. The lowest BCUT2D eigenvalue weighted by atomic mass is 9.32. The molecule has 1 N–H and O–H groups in total. The maximum absolute atomic E-state index is 14.9. The quantitative estimate of drug-likeness (QED) is 0.0477. The molecule has 1 aromatic rings. The first-order valence-electron chi connectivity index (χ1n) is 23.0. The fraction of sp³-hybridized carbons (Fsp3) is 0.755. The van der Waals surface area contributed by atoms with E-state index in [1.54, 1.807) is 18.7 Å². The highest BCUT2D eigenvalue weighted by atomic mass is 19.2. The number of hydrogen-bond donors (Lipinski definition) is 1. The zero-order valence-corrected chi connectivity index (χ0v) is 38.3. The van der Waals surface area contributed by atoms with Crippen molar-refractivity contribution in [3.8, 4) is 0 Å². The first kappa shape index (κ1) is 46.4. The Kier molecular flexibility index (Phi) is 12.1. The smallest absolute Gasteiger partial charge is 0.309 e. The number of fused-ring (bicyclic) bond motifs is 7. The summed E-state index contributed by atoms with van der Waals surface area (Å²) >= 11 is 0. The molecule has 6 fully saturated rings. The Morgan fingerprint density at radius 1 is 0.839 bits per heavy atom. The lowest BCUT2D eigenvalue weighted by molar-refractivity contribution is -0.250. The van der Waals surface area contributed by atoms with E-state index >= 15 is 0 Å². The van der Waals surface area contributed by atoms with Crippen LogP contribution in [0.3, 0.4) is 0 Å². The average Bonchev–Trinajstić information content (AvgIpc) is 3.58. The number of hydrogen-bond acceptors (Lipinski definition) is 6. The Balaban J connectivity index is 1.06. The summed E-state index contributed by atoms with van der Waals surface area (Å²) in [6, 6.07) is 0. The second kappa shape index (κ2) is 16.1. The molecule has 1 heterocycles. The molecule has 9 nitrogen and oxygen atoms in total. The molecule has 1 amide bonds. The van der Waals surface area contributed by atoms with Gasteiger partial charge in [0.1, 0.15) is 11.2 Å². The van der Waals surface area contributed by atoms with Crippen molar-refractivity contribution in [1.82, 2.24) is 9.80 Å². The van der Waals surface area contributed by atoms with Gasteiger partial charge >= 0.3 is 11.9 Å². The zero-order valence-electron chi connectivity index (χ0n) is 38.3. The fourth-order valence-electron chi connectivity index (χ4n) is 15.2. The third-order valence-electron chi connectivity index (χ3n) is 18.7. The van der Waals surface area contributed by atoms with Gasteiger partial charge in [-0.1, -0.05) is 46.8 Å². The van der Waals surface area contributed by atoms with Crippen molar-refractivity contribution in [2.75, 3.05) is 26.2 Å². The van der Waals surface area contributed by atoms with Gasteiger partial charge in [-0.2, -0.15) is 0 Å². The molecule has 342 valence electrons. The number of allylic oxidation sites excluding steroid dienone is 1. The van der Waals surface area contributed by atoms with Crippen LogP contribution in [0.4, 0.5) is 23.2 Å². The number of rotatable bonds is 10. The van der Waals surface area contributed by atoms with E-state index in [2.05, 4.69) is 64.7 Å². The molecule has 1 saturated heterocycles. The summed E-state index contributed by atoms with van der Waals surface area (Å²) in [4.78, 5) is 45.9. The maximum atomic E-state index is 14.9. The molecule has 0 aromatic heterocycles. The molecule has 13 heteroatoms. The number of carboxylic acids is 1. The molecule has 0 radical (unpaired) electrons. The second-order valence-electron chi connectivity index (χ2n) is 22.4. The van der Waals surface area contributed by atoms with Gasteiger partial charge in [-0.05, 0) is 136 Å². The molecular weight excluding hydrogens is 801 g/mol. The lowest BCUT2D eigenvalue weighted by Gasteiger charge is -2.73. The van der Waals surface area contributed by atoms with E-state index in [1.807, 2.05) is 4.90 Å². The number of halogens is 4. The largest absolute Gasteiger partial charge is 0.481 e. The van der Waals surface area contributed by atoms with Crippen molar-refractivity contribution in [2.24, 2.45) is 67.2 Å². The van der Waals surface area contributed by atoms with Gasteiger partial charge in [0.25, 0.3) is 6.72 Å². The highest BCUT2D eigenvalue weighted by Gasteiger charge is 2.71. The number of aliphatic carboxylic acids is 1. The summed E-state index contributed by atoms with van der Waals surface area (Å²) in [6.45, 7) is 26.0. The van der Waals surface area contributed by atoms with Crippen LogP contribution in [0.25, 0.3) is 0 Å². The van der Waals surface area contributed by atoms with E-state index in [1.165, 1.54) is 5.57 Å². The van der Waals surface area contributed by atoms with Gasteiger partial charge in [-0.15, -0.1) is 0 Å². The normalized spacial score (nSPS) is 36.6. The van der Waals surface area contributed by atoms with E-state index in [4.69, 9.17) is 4.74 Å². The SMILES string of the molecule is C=[N+]=Nc1c(F)c(F)c(CN2CCN(C(=O)C[C@]34CC[C@@H](C(=C)C)[C@@H]3[C@H]3CC[C@@H]5[C@@]6(C)CC[C@H](OC(=O)CC(C)(C)C(=O)O)C(C)(C)[C@@H]6CC[C@@]5(C)[C@]3(C)CC4)CC2)c(F)c1F. The van der Waals surface area contributed by atoms with E-state index < -0.39 is 51.9 Å². The summed E-state index contributed by atoms with van der Waals surface area (Å²) in [5.74, 6) is -5.67. The minimum absolute atomic E-state index is 0.0475. The first-order valence-corrected chi connectivity index (χ1v) is 23.0. The predicted molar refractivity (Wildman–Crippen MR) is 227 cm³/mol. The van der Waals surface area contributed by atoms with Crippen LogP contribution < -0.4 is 0 Å². The molecule has 5 saturated carbocycles. The monoisotopic (exact) mass is 870 g/mol. The highest BCUT2D eigenvalue weighted by Crippen LogP contribution is 2.78. The number of carboxylic acid groups (broad SMARTS) is 1. The molecular formula is C49H69F4N4O5+. The van der Waals surface area contributed by atoms with Crippen LogP contribution in [-0.4, -0.2) is 76.5 Å². The topological polar surface area (TPSA) is 114 Å². The number of piperazine rings is 1. The lowest BCUT2D eigenvalue weighted by Crippen LogP contribution is -2.67. The van der Waals surface area contributed by atoms with Crippen molar-refractivity contribution in [3.63, 3.8) is 0 Å². The summed E-state index contributed by atoms with van der Waals surface area (Å²) in [5.41, 5.74) is -2.11. The third-order valence-corrected chi connectivity index (χ3v) is 18.7.